The number of aliphatic hydroxyl groups excluding tert-OH is 2. The number of carbonyl (C=O) groups is 4. The van der Waals surface area contributed by atoms with E-state index >= 15 is 0 Å². The quantitative estimate of drug-likeness (QED) is 0.0970. The van der Waals surface area contributed by atoms with Gasteiger partial charge in [0.1, 0.15) is 11.7 Å². The van der Waals surface area contributed by atoms with Crippen molar-refractivity contribution in [3.8, 4) is 11.3 Å². The van der Waals surface area contributed by atoms with E-state index in [2.05, 4.69) is 10.3 Å². The van der Waals surface area contributed by atoms with Gasteiger partial charge in [0.25, 0.3) is 5.56 Å². The van der Waals surface area contributed by atoms with Crippen LogP contribution in [0.2, 0.25) is 0 Å². The number of hydrogen-bond acceptors (Lipinski definition) is 15. The van der Waals surface area contributed by atoms with Crippen molar-refractivity contribution in [1.29, 1.82) is 0 Å². The number of benzene rings is 1. The summed E-state index contributed by atoms with van der Waals surface area (Å²) >= 11 is 1.29. The first-order chi connectivity index (χ1) is 28.1. The summed E-state index contributed by atoms with van der Waals surface area (Å²) in [4.78, 5) is 80.6. The van der Waals surface area contributed by atoms with E-state index in [4.69, 9.17) is 0 Å². The van der Waals surface area contributed by atoms with Crippen LogP contribution in [0, 0.1) is 6.92 Å². The van der Waals surface area contributed by atoms with E-state index in [1.54, 1.807) is 61.7 Å². The fraction of sp³-hybridized carbons (Fsp3) is 0.568. The van der Waals surface area contributed by atoms with Crippen LogP contribution in [-0.2, 0) is 32.3 Å². The molecule has 0 spiro atoms. The molecule has 0 radical (unpaired) electrons. The standard InChI is InChI=1S/C37H51N9O12S/c1-24-18-46(30-17-28(48)29(23-47)59-30)37(58)45(35(24)55)8-2-7-44-19-27(38-39-44)25-3-5-26(6-4-25)34(36(56)57)43-15-13-41(21-32(51)52)11-9-40(20-31(49)50)10-12-42(14-16-43)22-33(53)54/h3-6,18-19,28-30,34,47-48H,2,7-17,20-23H2,1H3,(H,49,50)(H,51,52)(H,53,54)(H,56,57)/t28?,29-,30?,34?/m1/s1. The Labute approximate surface area is 342 Å². The third-order valence-electron chi connectivity index (χ3n) is 10.4. The van der Waals surface area contributed by atoms with Gasteiger partial charge in [0.2, 0.25) is 0 Å². The highest BCUT2D eigenvalue weighted by Crippen LogP contribution is 2.40. The number of thioether (sulfide) groups is 1. The first-order valence-electron chi connectivity index (χ1n) is 19.2. The maximum Gasteiger partial charge on any atom is 0.331 e. The van der Waals surface area contributed by atoms with E-state index in [1.807, 2.05) is 0 Å². The predicted molar refractivity (Wildman–Crippen MR) is 212 cm³/mol. The van der Waals surface area contributed by atoms with Crippen LogP contribution in [-0.4, -0.2) is 188 Å². The molecule has 2 aliphatic rings. The molecule has 2 fully saturated rings. The number of rotatable bonds is 16. The van der Waals surface area contributed by atoms with Gasteiger partial charge in [0.05, 0.1) is 49.2 Å². The molecule has 0 aliphatic carbocycles. The van der Waals surface area contributed by atoms with Crippen LogP contribution < -0.4 is 11.2 Å². The summed E-state index contributed by atoms with van der Waals surface area (Å²) in [5.74, 6) is -4.41. The molecule has 4 atom stereocenters. The van der Waals surface area contributed by atoms with E-state index < -0.39 is 57.9 Å². The molecule has 5 rings (SSSR count). The Balaban J connectivity index is 1.28. The highest BCUT2D eigenvalue weighted by atomic mass is 32.2. The maximum atomic E-state index is 13.3. The number of aryl methyl sites for hydroxylation is 2. The van der Waals surface area contributed by atoms with Gasteiger partial charge in [0.15, 0.2) is 0 Å². The Hall–Kier alpha value is -4.97. The lowest BCUT2D eigenvalue weighted by atomic mass is 10.0. The van der Waals surface area contributed by atoms with Gasteiger partial charge >= 0.3 is 29.6 Å². The second-order valence-corrected chi connectivity index (χ2v) is 16.1. The zero-order chi connectivity index (χ0) is 42.8. The van der Waals surface area contributed by atoms with Gasteiger partial charge in [-0.05, 0) is 18.9 Å². The van der Waals surface area contributed by atoms with Crippen LogP contribution in [0.3, 0.4) is 0 Å². The van der Waals surface area contributed by atoms with Crippen LogP contribution >= 0.6 is 11.8 Å². The van der Waals surface area contributed by atoms with Gasteiger partial charge in [-0.2, -0.15) is 0 Å². The number of hydrogen-bond donors (Lipinski definition) is 6. The Bertz CT molecular complexity index is 2030. The van der Waals surface area contributed by atoms with E-state index in [-0.39, 0.29) is 91.6 Å². The molecule has 2 aromatic heterocycles. The normalized spacial score (nSPS) is 21.1. The Kier molecular flexibility index (Phi) is 15.9. The van der Waals surface area contributed by atoms with Gasteiger partial charge in [-0.15, -0.1) is 16.9 Å². The van der Waals surface area contributed by atoms with Crippen molar-refractivity contribution < 1.29 is 49.8 Å². The van der Waals surface area contributed by atoms with Crippen molar-refractivity contribution in [2.45, 2.75) is 55.6 Å². The smallest absolute Gasteiger partial charge is 0.331 e. The van der Waals surface area contributed by atoms with E-state index in [9.17, 15) is 59.4 Å². The fourth-order valence-corrected chi connectivity index (χ4v) is 8.72. The highest BCUT2D eigenvalue weighted by Gasteiger charge is 2.35. The molecule has 21 nitrogen and oxygen atoms in total. The van der Waals surface area contributed by atoms with Crippen molar-refractivity contribution in [2.75, 3.05) is 78.6 Å². The van der Waals surface area contributed by atoms with Gasteiger partial charge in [-0.3, -0.25) is 57.4 Å². The minimum atomic E-state index is -1.17. The molecule has 0 bridgehead atoms. The van der Waals surface area contributed by atoms with Crippen LogP contribution in [0.1, 0.15) is 35.4 Å². The summed E-state index contributed by atoms with van der Waals surface area (Å²) in [6, 6.07) is 5.53. The van der Waals surface area contributed by atoms with Crippen LogP contribution in [0.4, 0.5) is 0 Å². The third-order valence-corrected chi connectivity index (χ3v) is 12.0. The molecule has 1 aromatic carbocycles. The van der Waals surface area contributed by atoms with E-state index in [0.717, 1.165) is 4.57 Å². The fourth-order valence-electron chi connectivity index (χ4n) is 7.35. The van der Waals surface area contributed by atoms with Crippen molar-refractivity contribution >= 4 is 35.6 Å². The molecule has 0 saturated carbocycles. The Morgan fingerprint density at radius 1 is 0.797 bits per heavy atom. The van der Waals surface area contributed by atoms with Crippen LogP contribution in [0.15, 0.2) is 46.2 Å². The SMILES string of the molecule is Cc1cn(C2CC(O)[C@@H](CO)S2)c(=O)n(CCCn2cc(-c3ccc(C(C(=O)O)N4CCN(CC(=O)O)CCN(CC(=O)O)CCN(CC(=O)O)CC4)cc3)nn2)c1=O. The van der Waals surface area contributed by atoms with Gasteiger partial charge in [0, 0.05) is 89.2 Å². The minimum Gasteiger partial charge on any atom is -0.480 e. The lowest BCUT2D eigenvalue weighted by Crippen LogP contribution is -2.49. The summed E-state index contributed by atoms with van der Waals surface area (Å²) in [6.45, 7) is 2.19. The highest BCUT2D eigenvalue weighted by molar-refractivity contribution is 8.00. The lowest BCUT2D eigenvalue weighted by molar-refractivity contribution is -0.145. The first kappa shape index (κ1) is 45.1. The zero-order valence-corrected chi connectivity index (χ0v) is 33.5. The molecular weight excluding hydrogens is 795 g/mol. The number of aliphatic carboxylic acids is 4. The monoisotopic (exact) mass is 845 g/mol. The first-order valence-corrected chi connectivity index (χ1v) is 20.1. The molecule has 22 heteroatoms. The number of carboxylic acid groups (broad SMARTS) is 4. The molecule has 59 heavy (non-hydrogen) atoms. The Morgan fingerprint density at radius 3 is 1.83 bits per heavy atom. The van der Waals surface area contributed by atoms with Crippen molar-refractivity contribution in [2.24, 2.45) is 0 Å². The molecule has 4 heterocycles. The topological polar surface area (TPSA) is 277 Å². The lowest BCUT2D eigenvalue weighted by Gasteiger charge is -2.35. The van der Waals surface area contributed by atoms with Gasteiger partial charge in [-0.25, -0.2) is 4.79 Å². The molecule has 6 N–H and O–H groups in total. The third kappa shape index (κ3) is 12.3. The molecule has 0 amide bonds. The summed E-state index contributed by atoms with van der Waals surface area (Å²) in [5, 5.41) is 66.4. The number of aliphatic hydroxyl groups is 2. The van der Waals surface area contributed by atoms with Gasteiger partial charge in [-0.1, -0.05) is 29.5 Å². The second-order valence-electron chi connectivity index (χ2n) is 14.7. The summed E-state index contributed by atoms with van der Waals surface area (Å²) in [7, 11) is 0. The molecule has 3 aromatic rings. The Morgan fingerprint density at radius 2 is 1.34 bits per heavy atom. The van der Waals surface area contributed by atoms with Gasteiger partial charge < -0.3 is 30.6 Å². The molecule has 322 valence electrons. The van der Waals surface area contributed by atoms with Crippen LogP contribution in [0.5, 0.6) is 0 Å². The number of carboxylic acids is 4. The number of nitrogens with zero attached hydrogens (tertiary/aromatic N) is 9. The van der Waals surface area contributed by atoms with Crippen molar-refractivity contribution in [3.05, 3.63) is 68.6 Å². The van der Waals surface area contributed by atoms with E-state index in [0.29, 0.717) is 35.3 Å². The molecule has 2 aliphatic heterocycles. The second kappa shape index (κ2) is 20.8. The molecule has 2 saturated heterocycles. The van der Waals surface area contributed by atoms with E-state index in [1.165, 1.54) is 22.5 Å². The number of aromatic nitrogens is 5. The summed E-state index contributed by atoms with van der Waals surface area (Å²) in [6.07, 6.45) is 3.04. The minimum absolute atomic E-state index is 0.102. The summed E-state index contributed by atoms with van der Waals surface area (Å²) in [5.41, 5.74) is 1.01. The molecule has 3 unspecified atom stereocenters. The van der Waals surface area contributed by atoms with Crippen molar-refractivity contribution in [1.82, 2.24) is 43.7 Å². The maximum absolute atomic E-state index is 13.3. The average molecular weight is 846 g/mol. The predicted octanol–water partition coefficient (Wildman–Crippen LogP) is -1.37. The zero-order valence-electron chi connectivity index (χ0n) is 32.7. The van der Waals surface area contributed by atoms with Crippen molar-refractivity contribution in [3.63, 3.8) is 0 Å². The summed E-state index contributed by atoms with van der Waals surface area (Å²) < 4.78 is 4.17. The van der Waals surface area contributed by atoms with Crippen LogP contribution in [0.25, 0.3) is 11.3 Å². The average Bonchev–Trinajstić information content (AvgIpc) is 3.81. The molecular formula is C37H51N9O12S. The largest absolute Gasteiger partial charge is 0.480 e.